The van der Waals surface area contributed by atoms with Crippen LogP contribution < -0.4 is 16.0 Å². The van der Waals surface area contributed by atoms with Crippen molar-refractivity contribution >= 4 is 35.1 Å². The van der Waals surface area contributed by atoms with Gasteiger partial charge in [-0.05, 0) is 37.3 Å². The molecule has 0 saturated carbocycles. The maximum Gasteiger partial charge on any atom is 0.407 e. The lowest BCUT2D eigenvalue weighted by molar-refractivity contribution is 0.00425. The van der Waals surface area contributed by atoms with E-state index in [1.807, 2.05) is 6.92 Å². The highest BCUT2D eigenvalue weighted by atomic mass is 32.1. The Balaban J connectivity index is 1.53. The number of nitrogens with one attached hydrogen (secondary N) is 3. The fraction of sp³-hybridized carbons (Fsp3) is 0.500. The number of anilines is 1. The second kappa shape index (κ2) is 9.18. The topological polar surface area (TPSA) is 107 Å². The van der Waals surface area contributed by atoms with Crippen LogP contribution in [0.3, 0.4) is 0 Å². The molecule has 2 aliphatic rings. The minimum Gasteiger partial charge on any atom is -0.465 e. The minimum absolute atomic E-state index is 0.184. The van der Waals surface area contributed by atoms with Gasteiger partial charge in [-0.1, -0.05) is 6.07 Å². The monoisotopic (exact) mass is 409 g/mol. The van der Waals surface area contributed by atoms with Gasteiger partial charge in [-0.2, -0.15) is 0 Å². The summed E-state index contributed by atoms with van der Waals surface area (Å²) >= 11 is 5.36. The van der Waals surface area contributed by atoms with Crippen LogP contribution >= 0.6 is 12.2 Å². The zero-order valence-electron chi connectivity index (χ0n) is 15.6. The molecule has 28 heavy (non-hydrogen) atoms. The van der Waals surface area contributed by atoms with E-state index in [1.165, 1.54) is 7.11 Å². The molecule has 0 bridgehead atoms. The second-order valence-corrected chi connectivity index (χ2v) is 6.76. The van der Waals surface area contributed by atoms with E-state index in [-0.39, 0.29) is 24.9 Å². The Hall–Kier alpha value is -2.43. The molecule has 2 heterocycles. The van der Waals surface area contributed by atoms with Crippen molar-refractivity contribution in [3.8, 4) is 0 Å². The van der Waals surface area contributed by atoms with Gasteiger partial charge in [0.15, 0.2) is 11.2 Å². The number of hydrogen-bond acceptors (Lipinski definition) is 7. The van der Waals surface area contributed by atoms with Gasteiger partial charge in [-0.15, -0.1) is 0 Å². The summed E-state index contributed by atoms with van der Waals surface area (Å²) in [6.07, 6.45) is -1.56. The molecule has 2 saturated heterocycles. The Morgan fingerprint density at radius 3 is 2.79 bits per heavy atom. The van der Waals surface area contributed by atoms with E-state index >= 15 is 0 Å². The minimum atomic E-state index is -0.487. The average molecular weight is 409 g/mol. The third-order valence-corrected chi connectivity index (χ3v) is 4.67. The van der Waals surface area contributed by atoms with Gasteiger partial charge < -0.3 is 34.9 Å². The molecule has 9 nitrogen and oxygen atoms in total. The first-order chi connectivity index (χ1) is 13.5. The number of amides is 1. The summed E-state index contributed by atoms with van der Waals surface area (Å²) in [6.45, 7) is 2.94. The summed E-state index contributed by atoms with van der Waals surface area (Å²) in [5.74, 6) is -0.424. The molecule has 1 amide bonds. The van der Waals surface area contributed by atoms with Crippen LogP contribution in [0.15, 0.2) is 24.3 Å². The molecule has 0 unspecified atom stereocenters. The Labute approximate surface area is 168 Å². The van der Waals surface area contributed by atoms with E-state index in [4.69, 9.17) is 31.2 Å². The summed E-state index contributed by atoms with van der Waals surface area (Å²) in [6, 6.07) is 6.64. The molecule has 0 aliphatic carbocycles. The molecule has 1 aromatic carbocycles. The van der Waals surface area contributed by atoms with E-state index in [9.17, 15) is 9.59 Å². The zero-order valence-corrected chi connectivity index (χ0v) is 16.4. The normalized spacial score (nSPS) is 25.5. The molecule has 152 valence electrons. The molecular weight excluding hydrogens is 386 g/mol. The summed E-state index contributed by atoms with van der Waals surface area (Å²) in [5, 5.41) is 9.15. The summed E-state index contributed by atoms with van der Waals surface area (Å²) in [7, 11) is 1.33. The number of fused-ring (bicyclic) bond motifs is 1. The molecule has 3 rings (SSSR count). The number of alkyl carbamates (subject to hydrolysis) is 1. The maximum atomic E-state index is 11.6. The number of ether oxygens (including phenoxy) is 4. The van der Waals surface area contributed by atoms with Crippen molar-refractivity contribution in [1.82, 2.24) is 10.6 Å². The molecule has 0 radical (unpaired) electrons. The van der Waals surface area contributed by atoms with Crippen LogP contribution in [0.25, 0.3) is 0 Å². The Bertz CT molecular complexity index is 746. The molecule has 1 aromatic rings. The van der Waals surface area contributed by atoms with E-state index in [2.05, 4.69) is 16.0 Å². The fourth-order valence-corrected chi connectivity index (χ4v) is 3.46. The van der Waals surface area contributed by atoms with Crippen LogP contribution in [0, 0.1) is 0 Å². The van der Waals surface area contributed by atoms with Crippen molar-refractivity contribution in [2.45, 2.75) is 31.3 Å². The highest BCUT2D eigenvalue weighted by molar-refractivity contribution is 7.80. The number of esters is 1. The van der Waals surface area contributed by atoms with E-state index in [0.717, 1.165) is 0 Å². The van der Waals surface area contributed by atoms with Gasteiger partial charge in [0.2, 0.25) is 0 Å². The van der Waals surface area contributed by atoms with E-state index in [1.54, 1.807) is 24.3 Å². The SMILES string of the molecule is CCNC(=O)O[C@H]1CO[C@@H]2[C@@H]1OC[C@@H]2NC(=S)Nc1cccc(C(=O)OC)c1. The van der Waals surface area contributed by atoms with Crippen LogP contribution in [0.2, 0.25) is 0 Å². The van der Waals surface area contributed by atoms with Crippen molar-refractivity contribution in [3.05, 3.63) is 29.8 Å². The zero-order chi connectivity index (χ0) is 20.1. The van der Waals surface area contributed by atoms with Crippen molar-refractivity contribution < 1.29 is 28.5 Å². The molecular formula is C18H23N3O6S. The standard InChI is InChI=1S/C18H23N3O6S/c1-3-19-18(23)27-13-9-26-14-12(8-25-15(13)14)21-17(28)20-11-6-4-5-10(7-11)16(22)24-2/h4-7,12-15H,3,8-9H2,1-2H3,(H,19,23)(H2,20,21,28)/t12-,13-,14-,15+/m0/s1. The summed E-state index contributed by atoms with van der Waals surface area (Å²) in [5.41, 5.74) is 1.07. The number of benzene rings is 1. The highest BCUT2D eigenvalue weighted by Gasteiger charge is 2.49. The average Bonchev–Trinajstić information content (AvgIpc) is 3.25. The van der Waals surface area contributed by atoms with Crippen molar-refractivity contribution in [2.75, 3.05) is 32.2 Å². The van der Waals surface area contributed by atoms with Crippen LogP contribution in [0.4, 0.5) is 10.5 Å². The fourth-order valence-electron chi connectivity index (χ4n) is 3.19. The lowest BCUT2D eigenvalue weighted by Gasteiger charge is -2.20. The number of rotatable bonds is 5. The van der Waals surface area contributed by atoms with Gasteiger partial charge in [0.1, 0.15) is 12.2 Å². The third kappa shape index (κ3) is 4.70. The van der Waals surface area contributed by atoms with Gasteiger partial charge >= 0.3 is 12.1 Å². The van der Waals surface area contributed by atoms with Crippen molar-refractivity contribution in [2.24, 2.45) is 0 Å². The first-order valence-electron chi connectivity index (χ1n) is 8.95. The maximum absolute atomic E-state index is 11.6. The van der Waals surface area contributed by atoms with Crippen LogP contribution in [-0.4, -0.2) is 68.4 Å². The molecule has 3 N–H and O–H groups in total. The first kappa shape index (κ1) is 20.3. The molecule has 2 aliphatic heterocycles. The number of carbonyl (C=O) groups excluding carboxylic acids is 2. The molecule has 10 heteroatoms. The van der Waals surface area contributed by atoms with Gasteiger partial charge in [0, 0.05) is 12.2 Å². The van der Waals surface area contributed by atoms with Crippen molar-refractivity contribution in [1.29, 1.82) is 0 Å². The molecule has 2 fully saturated rings. The van der Waals surface area contributed by atoms with Gasteiger partial charge in [-0.25, -0.2) is 9.59 Å². The summed E-state index contributed by atoms with van der Waals surface area (Å²) in [4.78, 5) is 23.3. The first-order valence-corrected chi connectivity index (χ1v) is 9.36. The summed E-state index contributed by atoms with van der Waals surface area (Å²) < 4.78 is 21.6. The van der Waals surface area contributed by atoms with Gasteiger partial charge in [0.05, 0.1) is 31.9 Å². The quantitative estimate of drug-likeness (QED) is 0.486. The Kier molecular flexibility index (Phi) is 6.65. The molecule has 0 spiro atoms. The predicted molar refractivity (Wildman–Crippen MR) is 104 cm³/mol. The van der Waals surface area contributed by atoms with Crippen molar-refractivity contribution in [3.63, 3.8) is 0 Å². The second-order valence-electron chi connectivity index (χ2n) is 6.35. The number of thiocarbonyl (C=S) groups is 1. The number of hydrogen-bond donors (Lipinski definition) is 3. The lowest BCUT2D eigenvalue weighted by atomic mass is 10.1. The number of carbonyl (C=O) groups is 2. The lowest BCUT2D eigenvalue weighted by Crippen LogP contribution is -2.46. The largest absolute Gasteiger partial charge is 0.465 e. The predicted octanol–water partition coefficient (Wildman–Crippen LogP) is 1.04. The number of methoxy groups -OCH3 is 1. The van der Waals surface area contributed by atoms with Gasteiger partial charge in [-0.3, -0.25) is 0 Å². The van der Waals surface area contributed by atoms with Crippen LogP contribution in [0.5, 0.6) is 0 Å². The van der Waals surface area contributed by atoms with Gasteiger partial charge in [0.25, 0.3) is 0 Å². The third-order valence-electron chi connectivity index (χ3n) is 4.45. The Morgan fingerprint density at radius 1 is 1.25 bits per heavy atom. The van der Waals surface area contributed by atoms with Crippen LogP contribution in [0.1, 0.15) is 17.3 Å². The molecule has 0 aromatic heterocycles. The highest BCUT2D eigenvalue weighted by Crippen LogP contribution is 2.29. The van der Waals surface area contributed by atoms with E-state index in [0.29, 0.717) is 29.5 Å². The smallest absolute Gasteiger partial charge is 0.407 e. The van der Waals surface area contributed by atoms with Crippen LogP contribution in [-0.2, 0) is 18.9 Å². The Morgan fingerprint density at radius 2 is 2.04 bits per heavy atom. The molecule has 4 atom stereocenters. The van der Waals surface area contributed by atoms with E-state index < -0.39 is 18.2 Å².